The van der Waals surface area contributed by atoms with Gasteiger partial charge in [-0.05, 0) is 55.7 Å². The highest BCUT2D eigenvalue weighted by Crippen LogP contribution is 2.36. The number of amides is 1. The zero-order chi connectivity index (χ0) is 18.3. The SMILES string of the molecule is Cc1cc(-c2[nH]c3ccc(C(=O)N(C)C)cc3c2C(C)C)cc(C)n1. The number of fused-ring (bicyclic) bond motifs is 1. The van der Waals surface area contributed by atoms with Gasteiger partial charge in [0.2, 0.25) is 0 Å². The number of pyridine rings is 1. The summed E-state index contributed by atoms with van der Waals surface area (Å²) in [6.07, 6.45) is 0. The van der Waals surface area contributed by atoms with E-state index in [2.05, 4.69) is 35.9 Å². The Bertz CT molecular complexity index is 931. The van der Waals surface area contributed by atoms with Gasteiger partial charge in [-0.15, -0.1) is 0 Å². The quantitative estimate of drug-likeness (QED) is 0.756. The smallest absolute Gasteiger partial charge is 0.253 e. The van der Waals surface area contributed by atoms with E-state index in [0.717, 1.165) is 33.5 Å². The third kappa shape index (κ3) is 3.16. The maximum atomic E-state index is 12.3. The van der Waals surface area contributed by atoms with E-state index in [-0.39, 0.29) is 5.91 Å². The first-order valence-electron chi connectivity index (χ1n) is 8.61. The van der Waals surface area contributed by atoms with E-state index < -0.39 is 0 Å². The number of nitrogens with zero attached hydrogens (tertiary/aromatic N) is 2. The summed E-state index contributed by atoms with van der Waals surface area (Å²) >= 11 is 0. The molecule has 0 unspecified atom stereocenters. The molecule has 0 aliphatic rings. The summed E-state index contributed by atoms with van der Waals surface area (Å²) in [5, 5.41) is 1.12. The molecule has 4 nitrogen and oxygen atoms in total. The lowest BCUT2D eigenvalue weighted by molar-refractivity contribution is 0.0828. The van der Waals surface area contributed by atoms with Gasteiger partial charge >= 0.3 is 0 Å². The predicted molar refractivity (Wildman–Crippen MR) is 103 cm³/mol. The molecular weight excluding hydrogens is 310 g/mol. The Hall–Kier alpha value is -2.62. The fourth-order valence-corrected chi connectivity index (χ4v) is 3.41. The Kier molecular flexibility index (Phi) is 4.38. The first kappa shape index (κ1) is 17.2. The molecule has 0 fully saturated rings. The molecule has 0 bridgehead atoms. The maximum absolute atomic E-state index is 12.3. The minimum atomic E-state index is 0.0231. The van der Waals surface area contributed by atoms with Gasteiger partial charge in [0.1, 0.15) is 0 Å². The van der Waals surface area contributed by atoms with Crippen molar-refractivity contribution in [2.45, 2.75) is 33.6 Å². The van der Waals surface area contributed by atoms with Gasteiger partial charge in [-0.3, -0.25) is 9.78 Å². The Morgan fingerprint density at radius 1 is 1.08 bits per heavy atom. The van der Waals surface area contributed by atoms with E-state index in [0.29, 0.717) is 11.5 Å². The molecule has 1 N–H and O–H groups in total. The number of hydrogen-bond acceptors (Lipinski definition) is 2. The van der Waals surface area contributed by atoms with E-state index in [1.54, 1.807) is 19.0 Å². The van der Waals surface area contributed by atoms with E-state index in [4.69, 9.17) is 0 Å². The molecule has 4 heteroatoms. The van der Waals surface area contributed by atoms with Crippen LogP contribution in [0.4, 0.5) is 0 Å². The van der Waals surface area contributed by atoms with E-state index >= 15 is 0 Å². The number of carbonyl (C=O) groups excluding carboxylic acids is 1. The summed E-state index contributed by atoms with van der Waals surface area (Å²) in [4.78, 5) is 22.0. The number of aryl methyl sites for hydroxylation is 2. The first-order valence-corrected chi connectivity index (χ1v) is 8.61. The molecular formula is C21H25N3O. The second kappa shape index (κ2) is 6.36. The number of carbonyl (C=O) groups is 1. The van der Waals surface area contributed by atoms with Gasteiger partial charge in [-0.1, -0.05) is 13.8 Å². The van der Waals surface area contributed by atoms with Crippen LogP contribution < -0.4 is 0 Å². The maximum Gasteiger partial charge on any atom is 0.253 e. The highest BCUT2D eigenvalue weighted by molar-refractivity contribution is 6.00. The molecule has 0 saturated carbocycles. The Balaban J connectivity index is 2.26. The van der Waals surface area contributed by atoms with Gasteiger partial charge in [-0.25, -0.2) is 0 Å². The summed E-state index contributed by atoms with van der Waals surface area (Å²) in [5.41, 5.74) is 7.29. The number of aromatic nitrogens is 2. The zero-order valence-electron chi connectivity index (χ0n) is 15.8. The summed E-state index contributed by atoms with van der Waals surface area (Å²) in [6, 6.07) is 10.1. The molecule has 130 valence electrons. The Labute approximate surface area is 148 Å². The van der Waals surface area contributed by atoms with Gasteiger partial charge in [0, 0.05) is 47.5 Å². The Morgan fingerprint density at radius 3 is 2.28 bits per heavy atom. The molecule has 3 aromatic rings. The van der Waals surface area contributed by atoms with Crippen LogP contribution in [0.1, 0.15) is 47.1 Å². The minimum absolute atomic E-state index is 0.0231. The molecule has 0 atom stereocenters. The lowest BCUT2D eigenvalue weighted by atomic mass is 9.95. The van der Waals surface area contributed by atoms with Gasteiger partial charge in [0.15, 0.2) is 0 Å². The van der Waals surface area contributed by atoms with Crippen LogP contribution in [0.5, 0.6) is 0 Å². The molecule has 1 amide bonds. The van der Waals surface area contributed by atoms with Crippen molar-refractivity contribution in [3.63, 3.8) is 0 Å². The average Bonchev–Trinajstić information content (AvgIpc) is 2.91. The molecule has 1 aromatic carbocycles. The normalized spacial score (nSPS) is 11.3. The van der Waals surface area contributed by atoms with Crippen molar-refractivity contribution in [1.82, 2.24) is 14.9 Å². The highest BCUT2D eigenvalue weighted by Gasteiger charge is 2.18. The van der Waals surface area contributed by atoms with Crippen LogP contribution in [0.2, 0.25) is 0 Å². The van der Waals surface area contributed by atoms with Gasteiger partial charge in [0.25, 0.3) is 5.91 Å². The molecule has 0 aliphatic heterocycles. The molecule has 0 radical (unpaired) electrons. The topological polar surface area (TPSA) is 49.0 Å². The van der Waals surface area contributed by atoms with Gasteiger partial charge in [0.05, 0.1) is 5.69 Å². The molecule has 0 spiro atoms. The van der Waals surface area contributed by atoms with Crippen LogP contribution in [-0.4, -0.2) is 34.9 Å². The molecule has 2 heterocycles. The van der Waals surface area contributed by atoms with Gasteiger partial charge in [-0.2, -0.15) is 0 Å². The number of aromatic amines is 1. The molecule has 0 aliphatic carbocycles. The van der Waals surface area contributed by atoms with E-state index in [1.807, 2.05) is 32.0 Å². The van der Waals surface area contributed by atoms with E-state index in [9.17, 15) is 4.79 Å². The third-order valence-electron chi connectivity index (χ3n) is 4.44. The van der Waals surface area contributed by atoms with Crippen LogP contribution in [0.15, 0.2) is 30.3 Å². The zero-order valence-corrected chi connectivity index (χ0v) is 15.8. The minimum Gasteiger partial charge on any atom is -0.354 e. The van der Waals surface area contributed by atoms with Crippen molar-refractivity contribution >= 4 is 16.8 Å². The van der Waals surface area contributed by atoms with Crippen LogP contribution in [0.25, 0.3) is 22.2 Å². The van der Waals surface area contributed by atoms with Crippen molar-refractivity contribution in [2.75, 3.05) is 14.1 Å². The highest BCUT2D eigenvalue weighted by atomic mass is 16.2. The van der Waals surface area contributed by atoms with Crippen LogP contribution >= 0.6 is 0 Å². The molecule has 3 rings (SSSR count). The van der Waals surface area contributed by atoms with Crippen LogP contribution in [-0.2, 0) is 0 Å². The predicted octanol–water partition coefficient (Wildman–Crippen LogP) is 4.67. The monoisotopic (exact) mass is 335 g/mol. The van der Waals surface area contributed by atoms with Gasteiger partial charge < -0.3 is 9.88 Å². The number of H-pyrrole nitrogens is 1. The standard InChI is InChI=1S/C21H25N3O/c1-12(2)19-17-11-15(21(25)24(5)6)7-8-18(17)23-20(19)16-9-13(3)22-14(4)10-16/h7-12,23H,1-6H3. The van der Waals surface area contributed by atoms with Crippen molar-refractivity contribution in [3.8, 4) is 11.3 Å². The number of rotatable bonds is 3. The van der Waals surface area contributed by atoms with E-state index in [1.165, 1.54) is 5.56 Å². The van der Waals surface area contributed by atoms with Crippen molar-refractivity contribution in [3.05, 3.63) is 52.8 Å². The van der Waals surface area contributed by atoms with Crippen LogP contribution in [0, 0.1) is 13.8 Å². The number of hydrogen-bond donors (Lipinski definition) is 1. The average molecular weight is 335 g/mol. The molecule has 2 aromatic heterocycles. The first-order chi connectivity index (χ1) is 11.8. The summed E-state index contributed by atoms with van der Waals surface area (Å²) in [7, 11) is 3.56. The fraction of sp³-hybridized carbons (Fsp3) is 0.333. The third-order valence-corrected chi connectivity index (χ3v) is 4.44. The summed E-state index contributed by atoms with van der Waals surface area (Å²) < 4.78 is 0. The fourth-order valence-electron chi connectivity index (χ4n) is 3.41. The number of nitrogens with one attached hydrogen (secondary N) is 1. The van der Waals surface area contributed by atoms with Crippen molar-refractivity contribution < 1.29 is 4.79 Å². The molecule has 25 heavy (non-hydrogen) atoms. The second-order valence-corrected chi connectivity index (χ2v) is 7.17. The second-order valence-electron chi connectivity index (χ2n) is 7.17. The van der Waals surface area contributed by atoms with Crippen LogP contribution in [0.3, 0.4) is 0 Å². The van der Waals surface area contributed by atoms with Crippen molar-refractivity contribution in [1.29, 1.82) is 0 Å². The van der Waals surface area contributed by atoms with Crippen molar-refractivity contribution in [2.24, 2.45) is 0 Å². The summed E-state index contributed by atoms with van der Waals surface area (Å²) in [6.45, 7) is 8.41. The number of benzene rings is 1. The summed E-state index contributed by atoms with van der Waals surface area (Å²) in [5.74, 6) is 0.359. The Morgan fingerprint density at radius 2 is 1.72 bits per heavy atom. The molecule has 0 saturated heterocycles. The lowest BCUT2D eigenvalue weighted by Gasteiger charge is -2.12. The lowest BCUT2D eigenvalue weighted by Crippen LogP contribution is -2.21. The largest absolute Gasteiger partial charge is 0.354 e.